The molecule has 0 saturated heterocycles. The fourth-order valence-corrected chi connectivity index (χ4v) is 11.2. The minimum absolute atomic E-state index is 0. The van der Waals surface area contributed by atoms with E-state index in [4.69, 9.17) is 4.21 Å². The van der Waals surface area contributed by atoms with Crippen molar-refractivity contribution < 1.29 is 46.1 Å². The summed E-state index contributed by atoms with van der Waals surface area (Å²) in [7, 11) is 0. The van der Waals surface area contributed by atoms with Crippen molar-refractivity contribution in [1.29, 1.82) is 0 Å². The molecule has 2 aromatic carbocycles. The zero-order chi connectivity index (χ0) is 21.3. The zero-order valence-corrected chi connectivity index (χ0v) is 23.8. The van der Waals surface area contributed by atoms with Gasteiger partial charge in [-0.1, -0.05) is 0 Å². The van der Waals surface area contributed by atoms with Gasteiger partial charge in [0.05, 0.1) is 0 Å². The van der Waals surface area contributed by atoms with E-state index < -0.39 is 21.3 Å². The fourth-order valence-electron chi connectivity index (χ4n) is 5.01. The summed E-state index contributed by atoms with van der Waals surface area (Å²) in [5.41, 5.74) is 9.34. The van der Waals surface area contributed by atoms with E-state index >= 15 is 0 Å². The van der Waals surface area contributed by atoms with Crippen LogP contribution in [0.4, 0.5) is 0 Å². The summed E-state index contributed by atoms with van der Waals surface area (Å²) in [6, 6.07) is 18.4. The molecule has 0 radical (unpaired) electrons. The van der Waals surface area contributed by atoms with Crippen LogP contribution in [-0.4, -0.2) is 4.21 Å². The Kier molecular flexibility index (Phi) is 10.4. The van der Waals surface area contributed by atoms with Crippen molar-refractivity contribution >= 4 is 15.4 Å². The predicted octanol–water partition coefficient (Wildman–Crippen LogP) is 2.19. The molecule has 0 fully saturated rings. The number of allylic oxidation sites excluding steroid dienone is 4. The van der Waals surface area contributed by atoms with E-state index in [0.29, 0.717) is 7.25 Å². The second kappa shape index (κ2) is 12.1. The molecule has 2 atom stereocenters. The maximum atomic E-state index is 4.97. The Morgan fingerprint density at radius 3 is 1.44 bits per heavy atom. The minimum atomic E-state index is -2.06. The first-order valence-corrected chi connectivity index (χ1v) is 16.3. The molecule has 32 heavy (non-hydrogen) atoms. The van der Waals surface area contributed by atoms with E-state index in [1.165, 1.54) is 36.8 Å². The van der Waals surface area contributed by atoms with Crippen LogP contribution < -0.4 is 24.8 Å². The van der Waals surface area contributed by atoms with Crippen LogP contribution in [0, 0.1) is 11.8 Å². The third-order valence-electron chi connectivity index (χ3n) is 6.80. The van der Waals surface area contributed by atoms with E-state index in [1.807, 2.05) is 0 Å². The summed E-state index contributed by atoms with van der Waals surface area (Å²) in [5.74, 6) is 1.51. The molecule has 2 aliphatic rings. The van der Waals surface area contributed by atoms with E-state index in [0.717, 1.165) is 11.8 Å². The molecule has 170 valence electrons. The number of hydrogen-bond acceptors (Lipinski definition) is 0. The number of rotatable bonds is 8. The van der Waals surface area contributed by atoms with E-state index in [1.54, 1.807) is 22.3 Å². The van der Waals surface area contributed by atoms with Crippen LogP contribution in [0.1, 0.15) is 82.9 Å². The van der Waals surface area contributed by atoms with Crippen LogP contribution in [0.15, 0.2) is 60.7 Å². The summed E-state index contributed by atoms with van der Waals surface area (Å²) in [5, 5.41) is 0. The van der Waals surface area contributed by atoms with Gasteiger partial charge < -0.3 is 24.8 Å². The van der Waals surface area contributed by atoms with Gasteiger partial charge >= 0.3 is 192 Å². The number of hydrogen-bond donors (Lipinski definition) is 0. The molecule has 0 aromatic heterocycles. The Hall–Kier alpha value is -0.747. The molecule has 0 N–H and O–H groups in total. The van der Waals surface area contributed by atoms with Crippen molar-refractivity contribution in [3.05, 3.63) is 82.9 Å². The van der Waals surface area contributed by atoms with E-state index in [9.17, 15) is 0 Å². The molecular formula is C29H36Cl2Zr. The van der Waals surface area contributed by atoms with Gasteiger partial charge in [0.25, 0.3) is 0 Å². The minimum Gasteiger partial charge on any atom is -1.00 e. The van der Waals surface area contributed by atoms with Gasteiger partial charge in [-0.3, -0.25) is 0 Å². The average Bonchev–Trinajstić information content (AvgIpc) is 3.29. The van der Waals surface area contributed by atoms with Crippen molar-refractivity contribution in [2.24, 2.45) is 11.8 Å². The summed E-state index contributed by atoms with van der Waals surface area (Å²) in [6.45, 7) is 9.33. The Labute approximate surface area is 215 Å². The van der Waals surface area contributed by atoms with Gasteiger partial charge in [-0.15, -0.1) is 0 Å². The third-order valence-corrected chi connectivity index (χ3v) is 13.1. The quantitative estimate of drug-likeness (QED) is 0.477. The first-order chi connectivity index (χ1) is 14.5. The topological polar surface area (TPSA) is 0 Å². The molecule has 3 heteroatoms. The normalized spacial score (nSPS) is 18.2. The van der Waals surface area contributed by atoms with E-state index in [2.05, 4.69) is 88.4 Å². The molecule has 2 unspecified atom stereocenters. The number of fused-ring (bicyclic) bond motifs is 2. The first-order valence-electron chi connectivity index (χ1n) is 11.7. The Balaban J connectivity index is 0.00000181. The van der Waals surface area contributed by atoms with Gasteiger partial charge in [-0.2, -0.15) is 0 Å². The number of benzene rings is 2. The standard InChI is InChI=1S/2C14H17.CH2.2ClH.Zr/c2*1-11(2)7-8-13-10-9-12-5-3-4-6-14(12)13;;;;/h2*3-6,9-11H,7-8H2,1-2H3;1H2;2*1H;/q;;;;;+2/p-2. The van der Waals surface area contributed by atoms with Crippen LogP contribution >= 0.6 is 0 Å². The van der Waals surface area contributed by atoms with Gasteiger partial charge in [-0.05, 0) is 0 Å². The maximum Gasteiger partial charge on any atom is -1.00 e. The average molecular weight is 547 g/mol. The van der Waals surface area contributed by atoms with E-state index in [-0.39, 0.29) is 24.8 Å². The molecule has 2 aliphatic carbocycles. The Bertz CT molecular complexity index is 920. The van der Waals surface area contributed by atoms with Gasteiger partial charge in [0.15, 0.2) is 0 Å². The molecule has 0 bridgehead atoms. The van der Waals surface area contributed by atoms with Crippen LogP contribution in [0.25, 0.3) is 11.1 Å². The van der Waals surface area contributed by atoms with Gasteiger partial charge in [-0.25, -0.2) is 0 Å². The molecular weight excluding hydrogens is 510 g/mol. The summed E-state index contributed by atoms with van der Waals surface area (Å²) >= 11 is -2.06. The second-order valence-corrected chi connectivity index (χ2v) is 15.8. The van der Waals surface area contributed by atoms with Gasteiger partial charge in [0, 0.05) is 0 Å². The van der Waals surface area contributed by atoms with Crippen LogP contribution in [0.5, 0.6) is 0 Å². The SMILES string of the molecule is [CH2]=[Zr+2]([CH]1C=C(CCC(C)C)c2ccccc21)[CH]1C=C(CCC(C)C)c2ccccc21.[Cl-].[Cl-]. The van der Waals surface area contributed by atoms with Crippen LogP contribution in [0.2, 0.25) is 0 Å². The van der Waals surface area contributed by atoms with Crippen molar-refractivity contribution in [2.45, 2.75) is 60.6 Å². The van der Waals surface area contributed by atoms with Gasteiger partial charge in [0.1, 0.15) is 0 Å². The summed E-state index contributed by atoms with van der Waals surface area (Å²) < 4.78 is 6.17. The summed E-state index contributed by atoms with van der Waals surface area (Å²) in [4.78, 5) is 0. The largest absolute Gasteiger partial charge is 1.00 e. The molecule has 0 aliphatic heterocycles. The number of halogens is 2. The van der Waals surface area contributed by atoms with Crippen LogP contribution in [0.3, 0.4) is 0 Å². The molecule has 2 aromatic rings. The maximum absolute atomic E-state index is 4.97. The van der Waals surface area contributed by atoms with Crippen molar-refractivity contribution in [1.82, 2.24) is 0 Å². The molecule has 0 amide bonds. The van der Waals surface area contributed by atoms with Crippen LogP contribution in [-0.2, 0) is 21.3 Å². The second-order valence-electron chi connectivity index (χ2n) is 9.95. The van der Waals surface area contributed by atoms with Crippen molar-refractivity contribution in [3.63, 3.8) is 0 Å². The third kappa shape index (κ3) is 5.84. The smallest absolute Gasteiger partial charge is 1.00 e. The van der Waals surface area contributed by atoms with Gasteiger partial charge in [0.2, 0.25) is 0 Å². The molecule has 0 saturated carbocycles. The Morgan fingerprint density at radius 1 is 0.688 bits per heavy atom. The molecule has 0 nitrogen and oxygen atoms in total. The molecule has 0 spiro atoms. The molecule has 4 rings (SSSR count). The summed E-state index contributed by atoms with van der Waals surface area (Å²) in [6.07, 6.45) is 10.2. The monoisotopic (exact) mass is 544 g/mol. The fraction of sp³-hybridized carbons (Fsp3) is 0.414. The zero-order valence-electron chi connectivity index (χ0n) is 19.9. The van der Waals surface area contributed by atoms with Crippen molar-refractivity contribution in [3.8, 4) is 0 Å². The van der Waals surface area contributed by atoms with Crippen molar-refractivity contribution in [2.75, 3.05) is 0 Å². The molecule has 0 heterocycles. The Morgan fingerprint density at radius 2 is 1.06 bits per heavy atom. The first kappa shape index (κ1) is 27.5. The predicted molar refractivity (Wildman–Crippen MR) is 130 cm³/mol.